The van der Waals surface area contributed by atoms with Gasteiger partial charge in [-0.3, -0.25) is 33.9 Å². The first-order valence-electron chi connectivity index (χ1n) is 22.0. The van der Waals surface area contributed by atoms with Gasteiger partial charge in [-0.15, -0.1) is 0 Å². The van der Waals surface area contributed by atoms with Gasteiger partial charge in [-0.25, -0.2) is 14.6 Å². The van der Waals surface area contributed by atoms with Gasteiger partial charge >= 0.3 is 0 Å². The fourth-order valence-corrected chi connectivity index (χ4v) is 9.31. The van der Waals surface area contributed by atoms with Gasteiger partial charge < -0.3 is 31.2 Å². The Labute approximate surface area is 365 Å². The topological polar surface area (TPSA) is 202 Å². The van der Waals surface area contributed by atoms with Gasteiger partial charge in [0.2, 0.25) is 11.8 Å². The van der Waals surface area contributed by atoms with Crippen LogP contribution in [-0.4, -0.2) is 136 Å². The van der Waals surface area contributed by atoms with Crippen molar-refractivity contribution in [3.05, 3.63) is 90.3 Å². The summed E-state index contributed by atoms with van der Waals surface area (Å²) in [6.45, 7) is 6.55. The summed E-state index contributed by atoms with van der Waals surface area (Å²) in [6, 6.07) is 22.4. The van der Waals surface area contributed by atoms with Crippen LogP contribution in [0.4, 0.5) is 11.5 Å². The number of para-hydroxylation sites is 1. The van der Waals surface area contributed by atoms with Gasteiger partial charge in [0.25, 0.3) is 11.8 Å². The molecule has 1 atom stereocenters. The van der Waals surface area contributed by atoms with Gasteiger partial charge in [0, 0.05) is 63.1 Å². The average molecular weight is 856 g/mol. The number of hydrogen-bond acceptors (Lipinski definition) is 13. The van der Waals surface area contributed by atoms with Crippen LogP contribution in [0.1, 0.15) is 65.3 Å². The van der Waals surface area contributed by atoms with E-state index in [1.165, 1.54) is 6.33 Å². The zero-order chi connectivity index (χ0) is 43.3. The monoisotopic (exact) mass is 855 g/mol. The predicted octanol–water partition coefficient (Wildman–Crippen LogP) is 4.09. The van der Waals surface area contributed by atoms with Crippen LogP contribution in [0.5, 0.6) is 11.5 Å². The molecule has 0 spiro atoms. The van der Waals surface area contributed by atoms with E-state index in [4.69, 9.17) is 20.3 Å². The highest BCUT2D eigenvalue weighted by molar-refractivity contribution is 6.25. The summed E-state index contributed by atoms with van der Waals surface area (Å²) in [5.74, 6) is 0.341. The van der Waals surface area contributed by atoms with Crippen LogP contribution < -0.4 is 26.4 Å². The molecule has 2 aromatic heterocycles. The highest BCUT2D eigenvalue weighted by Crippen LogP contribution is 2.38. The van der Waals surface area contributed by atoms with Crippen molar-refractivity contribution in [2.45, 2.75) is 56.7 Å². The average Bonchev–Trinajstić information content (AvgIpc) is 3.83. The highest BCUT2D eigenvalue weighted by Gasteiger charge is 2.44. The second-order valence-electron chi connectivity index (χ2n) is 16.5. The summed E-state index contributed by atoms with van der Waals surface area (Å²) in [7, 11) is 0. The fraction of sp³-hybridized carbons (Fsp3) is 0.413. The Bertz CT molecular complexity index is 2450. The minimum atomic E-state index is -0.828. The second-order valence-corrected chi connectivity index (χ2v) is 16.5. The normalized spacial score (nSPS) is 20.7. The van der Waals surface area contributed by atoms with Crippen LogP contribution in [0, 0.1) is 0 Å². The number of benzene rings is 3. The number of anilines is 2. The summed E-state index contributed by atoms with van der Waals surface area (Å²) >= 11 is 0. The number of carbonyl (C=O) groups is 4. The molecule has 5 aromatic rings. The molecule has 1 saturated carbocycles. The number of nitrogen functional groups attached to an aromatic ring is 1. The SMILES string of the molecule is Nc1ncnc2c1c(-c1ccc(Oc3ccccc3)cc1)nn2[C@H]1CC[C@H](N2CCN(CCOCCNC(=O)CNc3cccc4c3C(=O)N(C3CCCNC3=O)C4=O)CC2)CC1. The van der Waals surface area contributed by atoms with Crippen molar-refractivity contribution in [3.8, 4) is 22.8 Å². The van der Waals surface area contributed by atoms with E-state index in [0.29, 0.717) is 56.7 Å². The number of amides is 4. The maximum Gasteiger partial charge on any atom is 0.264 e. The molecule has 3 aromatic carbocycles. The smallest absolute Gasteiger partial charge is 0.264 e. The van der Waals surface area contributed by atoms with Crippen molar-refractivity contribution in [2.24, 2.45) is 0 Å². The van der Waals surface area contributed by atoms with Gasteiger partial charge in [-0.1, -0.05) is 24.3 Å². The molecule has 17 heteroatoms. The molecular weight excluding hydrogens is 803 g/mol. The van der Waals surface area contributed by atoms with Crippen molar-refractivity contribution < 1.29 is 28.7 Å². The van der Waals surface area contributed by atoms with Crippen LogP contribution in [0.2, 0.25) is 0 Å². The van der Waals surface area contributed by atoms with E-state index in [1.807, 2.05) is 54.6 Å². The molecular formula is C46H53N11O6. The maximum atomic E-state index is 13.3. The second kappa shape index (κ2) is 18.9. The van der Waals surface area contributed by atoms with E-state index in [2.05, 4.69) is 40.4 Å². The lowest BCUT2D eigenvalue weighted by Crippen LogP contribution is -2.52. The number of nitrogens with zero attached hydrogens (tertiary/aromatic N) is 7. The summed E-state index contributed by atoms with van der Waals surface area (Å²) in [4.78, 5) is 66.6. The van der Waals surface area contributed by atoms with E-state index < -0.39 is 17.9 Å². The van der Waals surface area contributed by atoms with Crippen LogP contribution in [-0.2, 0) is 14.3 Å². The number of ether oxygens (including phenoxy) is 2. The number of rotatable bonds is 15. The van der Waals surface area contributed by atoms with Gasteiger partial charge in [-0.05, 0) is 87.1 Å². The van der Waals surface area contributed by atoms with E-state index >= 15 is 0 Å². The van der Waals surface area contributed by atoms with Gasteiger partial charge in [0.1, 0.15) is 35.4 Å². The number of aromatic nitrogens is 4. The standard InChI is InChI=1S/C46H53N11O6/c47-42-40-41(30-11-17-34(18-12-30)63-33-6-2-1-3-7-33)53-57(43(40)52-29-51-42)32-15-13-31(14-16-32)55-23-21-54(22-24-55)25-27-62-26-20-48-38(58)28-50-36-9-4-8-35-39(36)46(61)56(45(35)60)37-10-5-19-49-44(37)59/h1-4,6-9,11-12,17-18,29,31-32,37,50H,5,10,13-16,19-28H2,(H,48,58)(H,49,59)(H2,47,51,52)/t31-,32-,37?. The molecule has 4 amide bonds. The number of hydrogen-bond donors (Lipinski definition) is 4. The van der Waals surface area contributed by atoms with Crippen molar-refractivity contribution in [1.29, 1.82) is 0 Å². The van der Waals surface area contributed by atoms with E-state index in [0.717, 1.165) is 97.1 Å². The Morgan fingerprint density at radius 1 is 0.825 bits per heavy atom. The van der Waals surface area contributed by atoms with Crippen LogP contribution in [0.25, 0.3) is 22.3 Å². The lowest BCUT2D eigenvalue weighted by atomic mass is 9.90. The lowest BCUT2D eigenvalue weighted by Gasteiger charge is -2.42. The third kappa shape index (κ3) is 9.07. The number of fused-ring (bicyclic) bond motifs is 2. The number of nitrogens with two attached hydrogens (primary N) is 1. The molecule has 3 fully saturated rings. The molecule has 63 heavy (non-hydrogen) atoms. The largest absolute Gasteiger partial charge is 0.457 e. The minimum absolute atomic E-state index is 0.0828. The first-order valence-corrected chi connectivity index (χ1v) is 22.0. The third-order valence-electron chi connectivity index (χ3n) is 12.6. The zero-order valence-corrected chi connectivity index (χ0v) is 35.2. The summed E-state index contributed by atoms with van der Waals surface area (Å²) in [5.41, 5.74) is 9.73. The van der Waals surface area contributed by atoms with E-state index in [9.17, 15) is 19.2 Å². The lowest BCUT2D eigenvalue weighted by molar-refractivity contribution is -0.126. The molecule has 9 rings (SSSR count). The first-order chi connectivity index (χ1) is 30.8. The molecule has 0 radical (unpaired) electrons. The molecule has 1 unspecified atom stereocenters. The summed E-state index contributed by atoms with van der Waals surface area (Å²) < 4.78 is 13.9. The molecule has 0 bridgehead atoms. The first kappa shape index (κ1) is 41.9. The Morgan fingerprint density at radius 2 is 1.59 bits per heavy atom. The molecule has 3 aliphatic heterocycles. The Balaban J connectivity index is 0.681. The molecule has 2 saturated heterocycles. The number of carbonyl (C=O) groups excluding carboxylic acids is 4. The Morgan fingerprint density at radius 3 is 2.37 bits per heavy atom. The quantitative estimate of drug-likeness (QED) is 0.0868. The molecule has 5 heterocycles. The van der Waals surface area contributed by atoms with Crippen molar-refractivity contribution in [3.63, 3.8) is 0 Å². The number of piperidine rings is 1. The molecule has 1 aliphatic carbocycles. The van der Waals surface area contributed by atoms with Crippen molar-refractivity contribution in [1.82, 2.24) is 45.1 Å². The summed E-state index contributed by atoms with van der Waals surface area (Å²) in [5, 5.41) is 14.5. The van der Waals surface area contributed by atoms with Gasteiger partial charge in [0.15, 0.2) is 5.65 Å². The van der Waals surface area contributed by atoms with Crippen LogP contribution >= 0.6 is 0 Å². The molecule has 328 valence electrons. The Hall–Kier alpha value is -6.43. The number of piperazine rings is 1. The number of imide groups is 1. The zero-order valence-electron chi connectivity index (χ0n) is 35.2. The minimum Gasteiger partial charge on any atom is -0.457 e. The summed E-state index contributed by atoms with van der Waals surface area (Å²) in [6.07, 6.45) is 6.81. The van der Waals surface area contributed by atoms with Crippen LogP contribution in [0.15, 0.2) is 79.1 Å². The van der Waals surface area contributed by atoms with Crippen LogP contribution in [0.3, 0.4) is 0 Å². The van der Waals surface area contributed by atoms with Crippen molar-refractivity contribution >= 4 is 46.2 Å². The molecule has 4 aliphatic rings. The highest BCUT2D eigenvalue weighted by atomic mass is 16.5. The number of nitrogens with one attached hydrogen (secondary N) is 3. The maximum absolute atomic E-state index is 13.3. The third-order valence-corrected chi connectivity index (χ3v) is 12.6. The Kier molecular flexibility index (Phi) is 12.6. The molecule has 17 nitrogen and oxygen atoms in total. The fourth-order valence-electron chi connectivity index (χ4n) is 9.31. The van der Waals surface area contributed by atoms with Crippen molar-refractivity contribution in [2.75, 3.05) is 76.6 Å². The molecule has 5 N–H and O–H groups in total. The predicted molar refractivity (Wildman–Crippen MR) is 236 cm³/mol. The van der Waals surface area contributed by atoms with E-state index in [-0.39, 0.29) is 35.5 Å². The van der Waals surface area contributed by atoms with E-state index in [1.54, 1.807) is 18.2 Å². The van der Waals surface area contributed by atoms with Gasteiger partial charge in [0.05, 0.1) is 42.3 Å². The van der Waals surface area contributed by atoms with Gasteiger partial charge in [-0.2, -0.15) is 5.10 Å².